The zero-order valence-electron chi connectivity index (χ0n) is 8.12. The Labute approximate surface area is 81.9 Å². The van der Waals surface area contributed by atoms with E-state index in [2.05, 4.69) is 11.9 Å². The van der Waals surface area contributed by atoms with Crippen LogP contribution in [0.4, 0.5) is 0 Å². The Balaban J connectivity index is 2.13. The number of rotatable bonds is 3. The molecule has 0 spiro atoms. The van der Waals surface area contributed by atoms with Gasteiger partial charge in [0.2, 0.25) is 5.89 Å². The van der Waals surface area contributed by atoms with Crippen LogP contribution in [0.1, 0.15) is 37.8 Å². The van der Waals surface area contributed by atoms with Gasteiger partial charge < -0.3 is 9.52 Å². The molecule has 0 atom stereocenters. The summed E-state index contributed by atoms with van der Waals surface area (Å²) in [4.78, 5) is 14.4. The minimum absolute atomic E-state index is 0.101. The third-order valence-electron chi connectivity index (χ3n) is 2.91. The first-order valence-corrected chi connectivity index (χ1v) is 4.77. The zero-order valence-corrected chi connectivity index (χ0v) is 8.12. The van der Waals surface area contributed by atoms with Crippen molar-refractivity contribution in [2.24, 2.45) is 0 Å². The highest BCUT2D eigenvalue weighted by molar-refractivity contribution is 5.68. The van der Waals surface area contributed by atoms with Gasteiger partial charge in [-0.25, -0.2) is 4.98 Å². The zero-order chi connectivity index (χ0) is 10.2. The summed E-state index contributed by atoms with van der Waals surface area (Å²) in [6, 6.07) is 0. The molecule has 0 amide bonds. The van der Waals surface area contributed by atoms with E-state index in [9.17, 15) is 4.79 Å². The molecule has 0 saturated heterocycles. The summed E-state index contributed by atoms with van der Waals surface area (Å²) in [5.41, 5.74) is 0.101. The van der Waals surface area contributed by atoms with Gasteiger partial charge in [-0.1, -0.05) is 13.3 Å². The number of hydrogen-bond acceptors (Lipinski definition) is 3. The summed E-state index contributed by atoms with van der Waals surface area (Å²) in [5, 5.41) is 8.55. The lowest BCUT2D eigenvalue weighted by Gasteiger charge is -2.35. The molecule has 1 aliphatic carbocycles. The monoisotopic (exact) mass is 195 g/mol. The molecular formula is C10H13NO3. The highest BCUT2D eigenvalue weighted by atomic mass is 16.4. The normalized spacial score (nSPS) is 18.9. The molecule has 1 N–H and O–H groups in total. The number of hydrogen-bond donors (Lipinski definition) is 1. The van der Waals surface area contributed by atoms with Crippen LogP contribution in [0.15, 0.2) is 10.6 Å². The fourth-order valence-corrected chi connectivity index (χ4v) is 1.75. The average Bonchev–Trinajstić information content (AvgIpc) is 2.47. The summed E-state index contributed by atoms with van der Waals surface area (Å²) >= 11 is 0. The molecule has 0 radical (unpaired) electrons. The second-order valence-electron chi connectivity index (χ2n) is 4.10. The van der Waals surface area contributed by atoms with Crippen LogP contribution in [0.5, 0.6) is 0 Å². The van der Waals surface area contributed by atoms with E-state index in [1.165, 1.54) is 6.42 Å². The maximum atomic E-state index is 10.4. The highest BCUT2D eigenvalue weighted by Gasteiger charge is 2.37. The Kier molecular flexibility index (Phi) is 2.06. The van der Waals surface area contributed by atoms with Crippen molar-refractivity contribution in [2.45, 2.75) is 38.0 Å². The average molecular weight is 195 g/mol. The van der Waals surface area contributed by atoms with E-state index in [0.717, 1.165) is 18.6 Å². The second kappa shape index (κ2) is 3.12. The van der Waals surface area contributed by atoms with Crippen LogP contribution in [-0.2, 0) is 16.6 Å². The van der Waals surface area contributed by atoms with Gasteiger partial charge in [0.25, 0.3) is 0 Å². The third kappa shape index (κ3) is 1.52. The van der Waals surface area contributed by atoms with Crippen LogP contribution in [0.3, 0.4) is 0 Å². The fourth-order valence-electron chi connectivity index (χ4n) is 1.75. The fraction of sp³-hybridized carbons (Fsp3) is 0.600. The molecular weight excluding hydrogens is 182 g/mol. The van der Waals surface area contributed by atoms with Crippen LogP contribution < -0.4 is 0 Å². The lowest BCUT2D eigenvalue weighted by Crippen LogP contribution is -2.29. The molecule has 4 nitrogen and oxygen atoms in total. The van der Waals surface area contributed by atoms with Gasteiger partial charge in [-0.05, 0) is 12.8 Å². The van der Waals surface area contributed by atoms with E-state index in [1.54, 1.807) is 6.20 Å². The highest BCUT2D eigenvalue weighted by Crippen LogP contribution is 2.43. The summed E-state index contributed by atoms with van der Waals surface area (Å²) < 4.78 is 5.41. The van der Waals surface area contributed by atoms with Crippen LogP contribution in [0.25, 0.3) is 0 Å². The van der Waals surface area contributed by atoms with E-state index in [0.29, 0.717) is 5.89 Å². The maximum absolute atomic E-state index is 10.4. The SMILES string of the molecule is CC1(c2cnc(CC(=O)O)o2)CCC1. The number of carbonyl (C=O) groups is 1. The van der Waals surface area contributed by atoms with Gasteiger partial charge in [0.05, 0.1) is 6.20 Å². The van der Waals surface area contributed by atoms with E-state index < -0.39 is 5.97 Å². The van der Waals surface area contributed by atoms with E-state index in [1.807, 2.05) is 0 Å². The van der Waals surface area contributed by atoms with Gasteiger partial charge in [-0.2, -0.15) is 0 Å². The van der Waals surface area contributed by atoms with Gasteiger partial charge >= 0.3 is 5.97 Å². The number of nitrogens with zero attached hydrogens (tertiary/aromatic N) is 1. The minimum atomic E-state index is -0.905. The van der Waals surface area contributed by atoms with E-state index >= 15 is 0 Å². The van der Waals surface area contributed by atoms with Crippen molar-refractivity contribution in [2.75, 3.05) is 0 Å². The number of aromatic nitrogens is 1. The Bertz CT molecular complexity index is 352. The molecule has 1 aromatic rings. The van der Waals surface area contributed by atoms with Gasteiger partial charge in [-0.15, -0.1) is 0 Å². The van der Waals surface area contributed by atoms with Gasteiger partial charge in [0, 0.05) is 5.41 Å². The van der Waals surface area contributed by atoms with Gasteiger partial charge in [-0.3, -0.25) is 4.79 Å². The van der Waals surface area contributed by atoms with E-state index in [-0.39, 0.29) is 11.8 Å². The molecule has 1 saturated carbocycles. The molecule has 1 fully saturated rings. The van der Waals surface area contributed by atoms with Crippen LogP contribution in [-0.4, -0.2) is 16.1 Å². The second-order valence-corrected chi connectivity index (χ2v) is 4.10. The molecule has 14 heavy (non-hydrogen) atoms. The van der Waals surface area contributed by atoms with Crippen molar-refractivity contribution in [3.8, 4) is 0 Å². The molecule has 2 rings (SSSR count). The van der Waals surface area contributed by atoms with E-state index in [4.69, 9.17) is 9.52 Å². The standard InChI is InChI=1S/C10H13NO3/c1-10(3-2-4-10)7-6-11-8(14-7)5-9(12)13/h6H,2-5H2,1H3,(H,12,13). The van der Waals surface area contributed by atoms with Gasteiger partial charge in [0.15, 0.2) is 0 Å². The first-order valence-electron chi connectivity index (χ1n) is 4.77. The van der Waals surface area contributed by atoms with Crippen molar-refractivity contribution >= 4 is 5.97 Å². The summed E-state index contributed by atoms with van der Waals surface area (Å²) in [6.07, 6.45) is 4.96. The summed E-state index contributed by atoms with van der Waals surface area (Å²) in [5.74, 6) is 0.234. The lowest BCUT2D eigenvalue weighted by molar-refractivity contribution is -0.136. The Morgan fingerprint density at radius 3 is 2.93 bits per heavy atom. The van der Waals surface area contributed by atoms with Gasteiger partial charge in [0.1, 0.15) is 12.2 Å². The van der Waals surface area contributed by atoms with Crippen LogP contribution in [0.2, 0.25) is 0 Å². The maximum Gasteiger partial charge on any atom is 0.312 e. The number of aliphatic carboxylic acids is 1. The topological polar surface area (TPSA) is 63.3 Å². The molecule has 0 bridgehead atoms. The molecule has 1 aromatic heterocycles. The predicted molar refractivity (Wildman–Crippen MR) is 49.0 cm³/mol. The van der Waals surface area contributed by atoms with Crippen molar-refractivity contribution < 1.29 is 14.3 Å². The van der Waals surface area contributed by atoms with Crippen molar-refractivity contribution in [3.05, 3.63) is 17.8 Å². The molecule has 0 aliphatic heterocycles. The largest absolute Gasteiger partial charge is 0.481 e. The predicted octanol–water partition coefficient (Wildman–Crippen LogP) is 1.74. The van der Waals surface area contributed by atoms with Crippen LogP contribution >= 0.6 is 0 Å². The molecule has 1 heterocycles. The smallest absolute Gasteiger partial charge is 0.312 e. The Morgan fingerprint density at radius 2 is 2.43 bits per heavy atom. The quantitative estimate of drug-likeness (QED) is 0.797. The summed E-state index contributed by atoms with van der Waals surface area (Å²) in [7, 11) is 0. The molecule has 1 aliphatic rings. The first kappa shape index (κ1) is 9.24. The molecule has 4 heteroatoms. The molecule has 0 aromatic carbocycles. The molecule has 76 valence electrons. The lowest BCUT2D eigenvalue weighted by atomic mass is 9.69. The first-order chi connectivity index (χ1) is 6.60. The van der Waals surface area contributed by atoms with Crippen molar-refractivity contribution in [3.63, 3.8) is 0 Å². The minimum Gasteiger partial charge on any atom is -0.481 e. The third-order valence-corrected chi connectivity index (χ3v) is 2.91. The number of carboxylic acid groups (broad SMARTS) is 1. The summed E-state index contributed by atoms with van der Waals surface area (Å²) in [6.45, 7) is 2.13. The molecule has 0 unspecified atom stereocenters. The number of oxazole rings is 1. The van der Waals surface area contributed by atoms with Crippen molar-refractivity contribution in [1.29, 1.82) is 0 Å². The number of carboxylic acids is 1. The van der Waals surface area contributed by atoms with Crippen molar-refractivity contribution in [1.82, 2.24) is 4.98 Å². The van der Waals surface area contributed by atoms with Crippen LogP contribution in [0, 0.1) is 0 Å². The Morgan fingerprint density at radius 1 is 1.71 bits per heavy atom. The Hall–Kier alpha value is -1.32.